The number of hydrogen-bond donors (Lipinski definition) is 1. The second-order valence-corrected chi connectivity index (χ2v) is 8.89. The minimum atomic E-state index is -3.44. The molecule has 0 radical (unpaired) electrons. The van der Waals surface area contributed by atoms with Crippen LogP contribution in [0.3, 0.4) is 0 Å². The monoisotopic (exact) mass is 319 g/mol. The van der Waals surface area contributed by atoms with E-state index >= 15 is 0 Å². The van der Waals surface area contributed by atoms with Gasteiger partial charge in [-0.2, -0.15) is 17.0 Å². The van der Waals surface area contributed by atoms with Crippen LogP contribution in [-0.4, -0.2) is 77.9 Å². The first-order valence-corrected chi connectivity index (χ1v) is 9.29. The molecule has 7 heteroatoms. The predicted octanol–water partition coefficient (Wildman–Crippen LogP) is 0.494. The van der Waals surface area contributed by atoms with Gasteiger partial charge in [0.25, 0.3) is 10.2 Å². The molecule has 2 aliphatic heterocycles. The average Bonchev–Trinajstić information content (AvgIpc) is 2.46. The molecule has 0 bridgehead atoms. The van der Waals surface area contributed by atoms with E-state index in [0.29, 0.717) is 19.6 Å². The highest BCUT2D eigenvalue weighted by molar-refractivity contribution is 7.86. The molecule has 0 aromatic rings. The van der Waals surface area contributed by atoms with Crippen molar-refractivity contribution in [2.75, 3.05) is 39.3 Å². The standard InChI is InChI=1S/C14H29N3O3S/c1-14(2,3)15-8-10-16(11-9-15)21(19,20)17-7-5-4-6-13(17)12-18/h13,18H,4-12H2,1-3H3. The molecule has 2 saturated heterocycles. The topological polar surface area (TPSA) is 64.1 Å². The number of aliphatic hydroxyl groups is 1. The predicted molar refractivity (Wildman–Crippen MR) is 83.2 cm³/mol. The SMILES string of the molecule is CC(C)(C)N1CCN(S(=O)(=O)N2CCCCC2CO)CC1. The summed E-state index contributed by atoms with van der Waals surface area (Å²) < 4.78 is 28.7. The van der Waals surface area contributed by atoms with Crippen LogP contribution in [-0.2, 0) is 10.2 Å². The molecule has 124 valence electrons. The molecule has 0 spiro atoms. The van der Waals surface area contributed by atoms with Gasteiger partial charge < -0.3 is 5.11 Å². The highest BCUT2D eigenvalue weighted by Crippen LogP contribution is 2.24. The van der Waals surface area contributed by atoms with Crippen LogP contribution in [0.5, 0.6) is 0 Å². The Morgan fingerprint density at radius 2 is 1.67 bits per heavy atom. The van der Waals surface area contributed by atoms with E-state index in [9.17, 15) is 13.5 Å². The van der Waals surface area contributed by atoms with E-state index in [2.05, 4.69) is 25.7 Å². The summed E-state index contributed by atoms with van der Waals surface area (Å²) in [5, 5.41) is 9.44. The lowest BCUT2D eigenvalue weighted by atomic mass is 10.1. The van der Waals surface area contributed by atoms with E-state index in [-0.39, 0.29) is 18.2 Å². The van der Waals surface area contributed by atoms with E-state index in [0.717, 1.165) is 32.4 Å². The summed E-state index contributed by atoms with van der Waals surface area (Å²) in [6.07, 6.45) is 2.64. The van der Waals surface area contributed by atoms with Crippen molar-refractivity contribution in [3.05, 3.63) is 0 Å². The Labute approximate surface area is 128 Å². The second kappa shape index (κ2) is 6.50. The van der Waals surface area contributed by atoms with Gasteiger partial charge in [-0.15, -0.1) is 0 Å². The molecule has 1 N–H and O–H groups in total. The number of rotatable bonds is 3. The van der Waals surface area contributed by atoms with Crippen molar-refractivity contribution in [2.45, 2.75) is 51.6 Å². The lowest BCUT2D eigenvalue weighted by Crippen LogP contribution is -2.59. The summed E-state index contributed by atoms with van der Waals surface area (Å²) >= 11 is 0. The molecule has 6 nitrogen and oxygen atoms in total. The minimum Gasteiger partial charge on any atom is -0.395 e. The molecule has 2 aliphatic rings. The van der Waals surface area contributed by atoms with Crippen molar-refractivity contribution in [1.29, 1.82) is 0 Å². The molecule has 0 aromatic heterocycles. The van der Waals surface area contributed by atoms with Crippen molar-refractivity contribution < 1.29 is 13.5 Å². The maximum absolute atomic E-state index is 12.8. The van der Waals surface area contributed by atoms with Gasteiger partial charge >= 0.3 is 0 Å². The number of nitrogens with zero attached hydrogens (tertiary/aromatic N) is 3. The van der Waals surface area contributed by atoms with Crippen LogP contribution in [0.1, 0.15) is 40.0 Å². The maximum Gasteiger partial charge on any atom is 0.282 e. The van der Waals surface area contributed by atoms with Gasteiger partial charge in [0.05, 0.1) is 6.61 Å². The van der Waals surface area contributed by atoms with Crippen molar-refractivity contribution in [2.24, 2.45) is 0 Å². The second-order valence-electron chi connectivity index (χ2n) is 7.01. The third-order valence-electron chi connectivity index (χ3n) is 4.59. The van der Waals surface area contributed by atoms with Crippen LogP contribution in [0.4, 0.5) is 0 Å². The summed E-state index contributed by atoms with van der Waals surface area (Å²) in [6, 6.07) is -0.246. The van der Waals surface area contributed by atoms with Gasteiger partial charge in [0.2, 0.25) is 0 Å². The molecule has 0 aromatic carbocycles. The van der Waals surface area contributed by atoms with Crippen LogP contribution in [0, 0.1) is 0 Å². The lowest BCUT2D eigenvalue weighted by molar-refractivity contribution is 0.0851. The Hall–Kier alpha value is -0.210. The summed E-state index contributed by atoms with van der Waals surface area (Å²) in [5.41, 5.74) is 0.0780. The van der Waals surface area contributed by atoms with E-state index in [1.807, 2.05) is 0 Å². The van der Waals surface area contributed by atoms with Gasteiger partial charge in [0.15, 0.2) is 0 Å². The molecule has 0 aliphatic carbocycles. The quantitative estimate of drug-likeness (QED) is 0.822. The van der Waals surface area contributed by atoms with Gasteiger partial charge in [-0.1, -0.05) is 6.42 Å². The molecule has 2 rings (SSSR count). The van der Waals surface area contributed by atoms with Crippen molar-refractivity contribution >= 4 is 10.2 Å². The van der Waals surface area contributed by atoms with Crippen molar-refractivity contribution in [1.82, 2.24) is 13.5 Å². The average molecular weight is 319 g/mol. The number of aliphatic hydroxyl groups excluding tert-OH is 1. The van der Waals surface area contributed by atoms with Crippen LogP contribution in [0.15, 0.2) is 0 Å². The number of piperazine rings is 1. The van der Waals surface area contributed by atoms with Gasteiger partial charge in [-0.25, -0.2) is 0 Å². The highest BCUT2D eigenvalue weighted by Gasteiger charge is 2.38. The lowest BCUT2D eigenvalue weighted by Gasteiger charge is -2.44. The van der Waals surface area contributed by atoms with Crippen LogP contribution >= 0.6 is 0 Å². The van der Waals surface area contributed by atoms with Crippen molar-refractivity contribution in [3.63, 3.8) is 0 Å². The zero-order valence-corrected chi connectivity index (χ0v) is 14.3. The third kappa shape index (κ3) is 3.76. The first-order valence-electron chi connectivity index (χ1n) is 7.89. The van der Waals surface area contributed by atoms with Gasteiger partial charge in [0, 0.05) is 44.3 Å². The summed E-state index contributed by atoms with van der Waals surface area (Å²) in [5.74, 6) is 0. The fourth-order valence-corrected chi connectivity index (χ4v) is 5.03. The molecule has 0 amide bonds. The van der Waals surface area contributed by atoms with Gasteiger partial charge in [0.1, 0.15) is 0 Å². The van der Waals surface area contributed by atoms with E-state index in [1.54, 1.807) is 4.31 Å². The molecule has 1 unspecified atom stereocenters. The smallest absolute Gasteiger partial charge is 0.282 e. The first kappa shape index (κ1) is 17.1. The molecule has 21 heavy (non-hydrogen) atoms. The summed E-state index contributed by atoms with van der Waals surface area (Å²) in [6.45, 7) is 9.52. The Bertz CT molecular complexity index is 439. The third-order valence-corrected chi connectivity index (χ3v) is 6.68. The molecule has 1 atom stereocenters. The zero-order chi connectivity index (χ0) is 15.7. The normalized spacial score (nSPS) is 27.9. The summed E-state index contributed by atoms with van der Waals surface area (Å²) in [7, 11) is -3.44. The summed E-state index contributed by atoms with van der Waals surface area (Å²) in [4.78, 5) is 2.32. The minimum absolute atomic E-state index is 0.0780. The molecule has 2 heterocycles. The van der Waals surface area contributed by atoms with E-state index < -0.39 is 10.2 Å². The van der Waals surface area contributed by atoms with E-state index in [1.165, 1.54) is 4.31 Å². The highest BCUT2D eigenvalue weighted by atomic mass is 32.2. The molecular weight excluding hydrogens is 290 g/mol. The molecule has 0 saturated carbocycles. The first-order chi connectivity index (χ1) is 9.76. The van der Waals surface area contributed by atoms with Crippen LogP contribution in [0.25, 0.3) is 0 Å². The van der Waals surface area contributed by atoms with Crippen LogP contribution < -0.4 is 0 Å². The largest absolute Gasteiger partial charge is 0.395 e. The fourth-order valence-electron chi connectivity index (χ4n) is 3.20. The Morgan fingerprint density at radius 1 is 1.05 bits per heavy atom. The molecule has 2 fully saturated rings. The number of piperidine rings is 1. The Kier molecular flexibility index (Phi) is 5.31. The Morgan fingerprint density at radius 3 is 2.19 bits per heavy atom. The fraction of sp³-hybridized carbons (Fsp3) is 1.00. The van der Waals surface area contributed by atoms with Gasteiger partial charge in [-0.05, 0) is 33.6 Å². The van der Waals surface area contributed by atoms with Crippen LogP contribution in [0.2, 0.25) is 0 Å². The zero-order valence-electron chi connectivity index (χ0n) is 13.5. The maximum atomic E-state index is 12.8. The van der Waals surface area contributed by atoms with E-state index in [4.69, 9.17) is 0 Å². The van der Waals surface area contributed by atoms with Crippen molar-refractivity contribution in [3.8, 4) is 0 Å². The Balaban J connectivity index is 2.04. The molecular formula is C14H29N3O3S. The van der Waals surface area contributed by atoms with Gasteiger partial charge in [-0.3, -0.25) is 4.90 Å². The number of hydrogen-bond acceptors (Lipinski definition) is 4.